The molecule has 3 rings (SSSR count). The number of aliphatic hydroxyl groups excluding tert-OH is 3. The second-order valence-corrected chi connectivity index (χ2v) is 6.33. The summed E-state index contributed by atoms with van der Waals surface area (Å²) in [6.45, 7) is 0.965. The van der Waals surface area contributed by atoms with Crippen molar-refractivity contribution < 1.29 is 34.8 Å². The van der Waals surface area contributed by atoms with Crippen molar-refractivity contribution >= 4 is 17.7 Å². The second-order valence-electron chi connectivity index (χ2n) is 6.33. The number of benzene rings is 1. The molecule has 1 aromatic heterocycles. The number of aromatic carboxylic acids is 1. The minimum absolute atomic E-state index is 0.0505. The summed E-state index contributed by atoms with van der Waals surface area (Å²) in [5.41, 5.74) is 5.25. The Bertz CT molecular complexity index is 855. The third-order valence-electron chi connectivity index (χ3n) is 4.16. The van der Waals surface area contributed by atoms with Gasteiger partial charge < -0.3 is 30.9 Å². The zero-order valence-electron chi connectivity index (χ0n) is 15.9. The molecule has 0 fully saturated rings. The molecule has 0 bridgehead atoms. The first-order valence-corrected chi connectivity index (χ1v) is 8.77. The van der Waals surface area contributed by atoms with E-state index in [-0.39, 0.29) is 18.8 Å². The number of para-hydroxylation sites is 2. The molecule has 0 spiro atoms. The van der Waals surface area contributed by atoms with Crippen LogP contribution in [-0.2, 0) is 11.3 Å². The third kappa shape index (κ3) is 4.90. The minimum atomic E-state index is -1.21. The molecular weight excluding hydrogens is 384 g/mol. The lowest BCUT2D eigenvalue weighted by atomic mass is 10.1. The van der Waals surface area contributed by atoms with Crippen LogP contribution in [0.2, 0.25) is 0 Å². The van der Waals surface area contributed by atoms with Crippen molar-refractivity contribution in [2.45, 2.75) is 19.0 Å². The van der Waals surface area contributed by atoms with Crippen LogP contribution in [0.1, 0.15) is 23.2 Å². The fourth-order valence-electron chi connectivity index (χ4n) is 2.48. The molecule has 11 nitrogen and oxygen atoms in total. The number of carbonyl (C=O) groups excluding carboxylic acids is 1. The van der Waals surface area contributed by atoms with Crippen LogP contribution in [0, 0.1) is 0 Å². The van der Waals surface area contributed by atoms with E-state index in [9.17, 15) is 9.59 Å². The highest BCUT2D eigenvalue weighted by atomic mass is 16.6. The molecule has 0 radical (unpaired) electrons. The Balaban J connectivity index is 0.000000321. The number of aromatic nitrogens is 2. The van der Waals surface area contributed by atoms with Crippen molar-refractivity contribution in [3.63, 3.8) is 0 Å². The van der Waals surface area contributed by atoms with E-state index in [0.717, 1.165) is 0 Å². The van der Waals surface area contributed by atoms with E-state index >= 15 is 0 Å². The van der Waals surface area contributed by atoms with Gasteiger partial charge in [-0.05, 0) is 19.1 Å². The van der Waals surface area contributed by atoms with Crippen LogP contribution < -0.4 is 10.6 Å². The van der Waals surface area contributed by atoms with Crippen LogP contribution in [0.5, 0.6) is 0 Å². The standard InChI is InChI=1S/C14H13N3O4.C4H11NO3/c1-2-21-14(20)17-8-12-15-9(13(18)19)7-16(12)10-5-3-4-6-11(10)17;5-4(1-6,2-7)3-8/h3-7H,2,8H2,1H3,(H,18,19);6-8H,1-3,5H2. The van der Waals surface area contributed by atoms with E-state index in [1.165, 1.54) is 11.1 Å². The van der Waals surface area contributed by atoms with Gasteiger partial charge in [-0.2, -0.15) is 0 Å². The lowest BCUT2D eigenvalue weighted by molar-refractivity contribution is 0.0688. The number of rotatable bonds is 5. The number of imidazole rings is 1. The lowest BCUT2D eigenvalue weighted by Gasteiger charge is -2.29. The van der Waals surface area contributed by atoms with Gasteiger partial charge in [0, 0.05) is 6.20 Å². The maximum Gasteiger partial charge on any atom is 0.414 e. The summed E-state index contributed by atoms with van der Waals surface area (Å²) in [5.74, 6) is -0.615. The minimum Gasteiger partial charge on any atom is -0.476 e. The predicted molar refractivity (Wildman–Crippen MR) is 102 cm³/mol. The molecule has 2 heterocycles. The van der Waals surface area contributed by atoms with Crippen molar-refractivity contribution in [3.8, 4) is 5.69 Å². The van der Waals surface area contributed by atoms with Crippen LogP contribution in [0.4, 0.5) is 10.5 Å². The predicted octanol–water partition coefficient (Wildman–Crippen LogP) is -0.292. The van der Waals surface area contributed by atoms with Gasteiger partial charge in [-0.3, -0.25) is 9.47 Å². The maximum absolute atomic E-state index is 12.1. The van der Waals surface area contributed by atoms with Gasteiger partial charge in [0.05, 0.1) is 49.9 Å². The highest BCUT2D eigenvalue weighted by Gasteiger charge is 2.29. The molecule has 2 aromatic rings. The van der Waals surface area contributed by atoms with Crippen LogP contribution in [0.15, 0.2) is 30.5 Å². The number of hydrogen-bond donors (Lipinski definition) is 5. The number of carboxylic acid groups (broad SMARTS) is 1. The topological polar surface area (TPSA) is 171 Å². The molecule has 6 N–H and O–H groups in total. The summed E-state index contributed by atoms with van der Waals surface area (Å²) in [6.07, 6.45) is 0.981. The Hall–Kier alpha value is -2.99. The molecular formula is C18H24N4O7. The number of carboxylic acids is 1. The van der Waals surface area contributed by atoms with Crippen molar-refractivity contribution in [2.24, 2.45) is 5.73 Å². The molecule has 0 atom stereocenters. The SMILES string of the molecule is CCOC(=O)N1Cc2nc(C(=O)O)cn2-c2ccccc21.NC(CO)(CO)CO. The van der Waals surface area contributed by atoms with Crippen molar-refractivity contribution in [3.05, 3.63) is 42.0 Å². The molecule has 0 aliphatic carbocycles. The highest BCUT2D eigenvalue weighted by Crippen LogP contribution is 2.32. The maximum atomic E-state index is 12.1. The van der Waals surface area contributed by atoms with Crippen molar-refractivity contribution in [1.82, 2.24) is 9.55 Å². The number of fused-ring (bicyclic) bond motifs is 3. The fourth-order valence-corrected chi connectivity index (χ4v) is 2.48. The number of carbonyl (C=O) groups is 2. The number of hydrogen-bond acceptors (Lipinski definition) is 8. The van der Waals surface area contributed by atoms with Crippen LogP contribution in [0.25, 0.3) is 5.69 Å². The summed E-state index contributed by atoms with van der Waals surface area (Å²) in [4.78, 5) is 28.6. The van der Waals surface area contributed by atoms with Gasteiger partial charge >= 0.3 is 12.1 Å². The second kappa shape index (κ2) is 9.47. The van der Waals surface area contributed by atoms with Gasteiger partial charge in [0.15, 0.2) is 5.69 Å². The van der Waals surface area contributed by atoms with E-state index in [1.54, 1.807) is 23.6 Å². The van der Waals surface area contributed by atoms with E-state index in [2.05, 4.69) is 4.98 Å². The molecule has 158 valence electrons. The fraction of sp³-hybridized carbons (Fsp3) is 0.389. The molecule has 29 heavy (non-hydrogen) atoms. The van der Waals surface area contributed by atoms with Crippen LogP contribution >= 0.6 is 0 Å². The quantitative estimate of drug-likeness (QED) is 0.446. The average Bonchev–Trinajstić information content (AvgIpc) is 3.18. The molecule has 0 saturated heterocycles. The third-order valence-corrected chi connectivity index (χ3v) is 4.16. The molecule has 0 unspecified atom stereocenters. The Labute approximate surface area is 166 Å². The number of nitrogens with zero attached hydrogens (tertiary/aromatic N) is 3. The number of amides is 1. The average molecular weight is 408 g/mol. The summed E-state index contributed by atoms with van der Waals surface area (Å²) in [6, 6.07) is 7.22. The molecule has 1 aliphatic rings. The van der Waals surface area contributed by atoms with Gasteiger partial charge in [-0.25, -0.2) is 14.6 Å². The number of nitrogens with two attached hydrogens (primary N) is 1. The van der Waals surface area contributed by atoms with E-state index in [0.29, 0.717) is 17.2 Å². The van der Waals surface area contributed by atoms with Crippen molar-refractivity contribution in [1.29, 1.82) is 0 Å². The van der Waals surface area contributed by atoms with Gasteiger partial charge in [0.1, 0.15) is 5.82 Å². The van der Waals surface area contributed by atoms with Gasteiger partial charge in [0.25, 0.3) is 0 Å². The summed E-state index contributed by atoms with van der Waals surface area (Å²) >= 11 is 0. The van der Waals surface area contributed by atoms with E-state index < -0.39 is 37.4 Å². The molecule has 1 aliphatic heterocycles. The Morgan fingerprint density at radius 2 is 1.76 bits per heavy atom. The highest BCUT2D eigenvalue weighted by molar-refractivity contribution is 5.92. The van der Waals surface area contributed by atoms with E-state index in [1.807, 2.05) is 12.1 Å². The first kappa shape index (κ1) is 22.3. The summed E-state index contributed by atoms with van der Waals surface area (Å²) in [7, 11) is 0. The molecule has 1 amide bonds. The van der Waals surface area contributed by atoms with E-state index in [4.69, 9.17) is 30.9 Å². The lowest BCUT2D eigenvalue weighted by Crippen LogP contribution is -2.50. The Morgan fingerprint density at radius 3 is 2.24 bits per heavy atom. The smallest absolute Gasteiger partial charge is 0.414 e. The first-order chi connectivity index (χ1) is 13.8. The number of aliphatic hydroxyl groups is 3. The van der Waals surface area contributed by atoms with Gasteiger partial charge in [-0.15, -0.1) is 0 Å². The van der Waals surface area contributed by atoms with Crippen LogP contribution in [0.3, 0.4) is 0 Å². The number of ether oxygens (including phenoxy) is 1. The normalized spacial score (nSPS) is 12.4. The zero-order chi connectivity index (χ0) is 21.6. The Morgan fingerprint density at radius 1 is 1.17 bits per heavy atom. The molecule has 0 saturated carbocycles. The number of anilines is 1. The molecule has 1 aromatic carbocycles. The first-order valence-electron chi connectivity index (χ1n) is 8.77. The zero-order valence-corrected chi connectivity index (χ0v) is 15.9. The summed E-state index contributed by atoms with van der Waals surface area (Å²) < 4.78 is 6.73. The van der Waals surface area contributed by atoms with Crippen LogP contribution in [-0.4, -0.2) is 74.0 Å². The largest absolute Gasteiger partial charge is 0.476 e. The Kier molecular flexibility index (Phi) is 7.29. The van der Waals surface area contributed by atoms with Crippen molar-refractivity contribution in [2.75, 3.05) is 31.3 Å². The van der Waals surface area contributed by atoms with Gasteiger partial charge in [-0.1, -0.05) is 12.1 Å². The summed E-state index contributed by atoms with van der Waals surface area (Å²) in [5, 5.41) is 34.1. The molecule has 11 heteroatoms. The monoisotopic (exact) mass is 408 g/mol. The van der Waals surface area contributed by atoms with Gasteiger partial charge in [0.2, 0.25) is 0 Å².